The maximum absolute atomic E-state index is 7.90. The van der Waals surface area contributed by atoms with Crippen LogP contribution in [0.2, 0.25) is 0 Å². The maximum atomic E-state index is 7.90. The lowest BCUT2D eigenvalue weighted by Gasteiger charge is -2.41. The molecule has 0 aromatic heterocycles. The van der Waals surface area contributed by atoms with Crippen molar-refractivity contribution in [1.29, 1.82) is 0 Å². The van der Waals surface area contributed by atoms with Crippen molar-refractivity contribution < 1.29 is 4.74 Å². The third kappa shape index (κ3) is 3.33. The summed E-state index contributed by atoms with van der Waals surface area (Å²) in [5, 5.41) is 0. The van der Waals surface area contributed by atoms with E-state index in [1.165, 1.54) is 18.7 Å². The van der Waals surface area contributed by atoms with Crippen molar-refractivity contribution in [2.45, 2.75) is 44.5 Å². The van der Waals surface area contributed by atoms with E-state index in [0.717, 1.165) is 32.5 Å². The first-order valence-corrected chi connectivity index (χ1v) is 9.54. The lowest BCUT2D eigenvalue weighted by atomic mass is 9.87. The van der Waals surface area contributed by atoms with Crippen LogP contribution in [0.1, 0.15) is 32.3 Å². The van der Waals surface area contributed by atoms with Gasteiger partial charge in [-0.25, -0.2) is 11.5 Å². The zero-order valence-electron chi connectivity index (χ0n) is 15.4. The van der Waals surface area contributed by atoms with Crippen molar-refractivity contribution >= 4 is 0 Å². The van der Waals surface area contributed by atoms with Crippen LogP contribution in [0.25, 0.3) is 4.85 Å². The minimum absolute atomic E-state index is 0.181. The van der Waals surface area contributed by atoms with Crippen LogP contribution in [0.4, 0.5) is 0 Å². The van der Waals surface area contributed by atoms with Gasteiger partial charge in [-0.05, 0) is 31.2 Å². The third-order valence-corrected chi connectivity index (χ3v) is 6.31. The highest BCUT2D eigenvalue weighted by Crippen LogP contribution is 2.43. The van der Waals surface area contributed by atoms with Gasteiger partial charge in [0.25, 0.3) is 5.66 Å². The molecule has 25 heavy (non-hydrogen) atoms. The molecular formula is C21H29N3O. The highest BCUT2D eigenvalue weighted by Gasteiger charge is 2.55. The largest absolute Gasteiger partial charge is 0.375 e. The van der Waals surface area contributed by atoms with Crippen LogP contribution in [0.15, 0.2) is 30.3 Å². The smallest absolute Gasteiger partial charge is 0.293 e. The van der Waals surface area contributed by atoms with Gasteiger partial charge in [-0.3, -0.25) is 9.74 Å². The van der Waals surface area contributed by atoms with Crippen LogP contribution in [-0.4, -0.2) is 53.8 Å². The van der Waals surface area contributed by atoms with Gasteiger partial charge < -0.3 is 4.74 Å². The van der Waals surface area contributed by atoms with E-state index in [1.807, 2.05) is 0 Å². The lowest BCUT2D eigenvalue weighted by molar-refractivity contribution is -0.104. The Morgan fingerprint density at radius 3 is 2.40 bits per heavy atom. The van der Waals surface area contributed by atoms with E-state index in [9.17, 15) is 0 Å². The van der Waals surface area contributed by atoms with Crippen molar-refractivity contribution in [1.82, 2.24) is 9.80 Å². The lowest BCUT2D eigenvalue weighted by Crippen LogP contribution is -2.54. The summed E-state index contributed by atoms with van der Waals surface area (Å²) in [7, 11) is 0. The van der Waals surface area contributed by atoms with Crippen molar-refractivity contribution in [2.24, 2.45) is 11.8 Å². The zero-order chi connectivity index (χ0) is 17.5. The van der Waals surface area contributed by atoms with E-state index < -0.39 is 0 Å². The van der Waals surface area contributed by atoms with Gasteiger partial charge in [0.05, 0.1) is 25.0 Å². The Bertz CT molecular complexity index is 639. The second-order valence-electron chi connectivity index (χ2n) is 8.73. The number of hydrogen-bond acceptors (Lipinski definition) is 3. The monoisotopic (exact) mass is 339 g/mol. The molecule has 134 valence electrons. The quantitative estimate of drug-likeness (QED) is 0.789. The van der Waals surface area contributed by atoms with Gasteiger partial charge in [-0.1, -0.05) is 30.3 Å². The Morgan fingerprint density at radius 1 is 1.12 bits per heavy atom. The standard InChI is InChI=1S/C21H29N3O/c1-20(2)16-21(22-3,9-10-25-20)24-14-18-12-23(13-19(18)15-24)11-17-7-5-4-6-8-17/h4-8,18-19H,9-16H2,1-2H3. The summed E-state index contributed by atoms with van der Waals surface area (Å²) in [6.07, 6.45) is 1.68. The molecular weight excluding hydrogens is 310 g/mol. The van der Waals surface area contributed by atoms with Gasteiger partial charge in [0.1, 0.15) is 0 Å². The van der Waals surface area contributed by atoms with Gasteiger partial charge in [0, 0.05) is 32.7 Å². The number of rotatable bonds is 3. The molecule has 0 N–H and O–H groups in total. The highest BCUT2D eigenvalue weighted by atomic mass is 16.5. The van der Waals surface area contributed by atoms with Crippen LogP contribution in [0, 0.1) is 18.4 Å². The topological polar surface area (TPSA) is 20.1 Å². The van der Waals surface area contributed by atoms with E-state index in [1.54, 1.807) is 0 Å². The van der Waals surface area contributed by atoms with E-state index >= 15 is 0 Å². The molecule has 3 aliphatic heterocycles. The molecule has 3 fully saturated rings. The molecule has 0 amide bonds. The summed E-state index contributed by atoms with van der Waals surface area (Å²) in [5.74, 6) is 1.43. The van der Waals surface area contributed by atoms with Gasteiger partial charge in [-0.15, -0.1) is 0 Å². The summed E-state index contributed by atoms with van der Waals surface area (Å²) < 4.78 is 5.88. The number of hydrogen-bond donors (Lipinski definition) is 0. The number of likely N-dealkylation sites (tertiary alicyclic amines) is 2. The second-order valence-corrected chi connectivity index (χ2v) is 8.73. The Kier molecular flexibility index (Phi) is 4.35. The third-order valence-electron chi connectivity index (χ3n) is 6.31. The van der Waals surface area contributed by atoms with Crippen LogP contribution in [0.3, 0.4) is 0 Å². The molecule has 3 unspecified atom stereocenters. The number of benzene rings is 1. The minimum atomic E-state index is -0.337. The summed E-state index contributed by atoms with van der Waals surface area (Å²) in [6.45, 7) is 18.4. The summed E-state index contributed by atoms with van der Waals surface area (Å²) >= 11 is 0. The average molecular weight is 339 g/mol. The van der Waals surface area contributed by atoms with Gasteiger partial charge in [0.15, 0.2) is 0 Å². The molecule has 0 saturated carbocycles. The molecule has 4 heteroatoms. The molecule has 4 nitrogen and oxygen atoms in total. The Labute approximate surface area is 151 Å². The van der Waals surface area contributed by atoms with Crippen LogP contribution in [0.5, 0.6) is 0 Å². The van der Waals surface area contributed by atoms with Crippen molar-refractivity contribution in [3.8, 4) is 0 Å². The molecule has 0 spiro atoms. The number of nitrogens with zero attached hydrogens (tertiary/aromatic N) is 3. The normalized spacial score (nSPS) is 35.4. The van der Waals surface area contributed by atoms with E-state index in [0.29, 0.717) is 18.4 Å². The first-order valence-electron chi connectivity index (χ1n) is 9.54. The molecule has 3 saturated heterocycles. The van der Waals surface area contributed by atoms with E-state index in [2.05, 4.69) is 58.8 Å². The fourth-order valence-corrected chi connectivity index (χ4v) is 5.15. The van der Waals surface area contributed by atoms with Crippen LogP contribution >= 0.6 is 0 Å². The molecule has 1 aromatic rings. The SMILES string of the molecule is [C-]#[N+]C1(N2CC3CN(Cc4ccccc4)CC3C2)CCOC(C)(C)C1. The molecule has 0 radical (unpaired) electrons. The fraction of sp³-hybridized carbons (Fsp3) is 0.667. The van der Waals surface area contributed by atoms with Crippen LogP contribution < -0.4 is 0 Å². The average Bonchev–Trinajstić information content (AvgIpc) is 3.13. The maximum Gasteiger partial charge on any atom is 0.293 e. The Balaban J connectivity index is 1.40. The number of fused-ring (bicyclic) bond motifs is 1. The first-order chi connectivity index (χ1) is 12.0. The zero-order valence-corrected chi connectivity index (χ0v) is 15.4. The minimum Gasteiger partial charge on any atom is -0.375 e. The molecule has 0 aliphatic carbocycles. The number of ether oxygens (including phenoxy) is 1. The van der Waals surface area contributed by atoms with E-state index in [4.69, 9.17) is 11.3 Å². The molecule has 4 rings (SSSR count). The van der Waals surface area contributed by atoms with Gasteiger partial charge in [-0.2, -0.15) is 0 Å². The second kappa shape index (κ2) is 6.39. The predicted molar refractivity (Wildman–Crippen MR) is 98.9 cm³/mol. The van der Waals surface area contributed by atoms with Crippen molar-refractivity contribution in [3.63, 3.8) is 0 Å². The Hall–Kier alpha value is -1.41. The molecule has 0 bridgehead atoms. The summed E-state index contributed by atoms with van der Waals surface area (Å²) in [5.41, 5.74) is 0.888. The van der Waals surface area contributed by atoms with Crippen molar-refractivity contribution in [3.05, 3.63) is 47.3 Å². The fourth-order valence-electron chi connectivity index (χ4n) is 5.15. The van der Waals surface area contributed by atoms with Gasteiger partial charge >= 0.3 is 0 Å². The molecule has 1 aromatic carbocycles. The highest BCUT2D eigenvalue weighted by molar-refractivity contribution is 5.15. The van der Waals surface area contributed by atoms with Crippen molar-refractivity contribution in [2.75, 3.05) is 32.8 Å². The summed E-state index contributed by atoms with van der Waals surface area (Å²) in [4.78, 5) is 9.25. The van der Waals surface area contributed by atoms with E-state index in [-0.39, 0.29) is 11.3 Å². The molecule has 3 heterocycles. The van der Waals surface area contributed by atoms with Gasteiger partial charge in [0.2, 0.25) is 0 Å². The first kappa shape index (κ1) is 17.0. The molecule has 3 aliphatic rings. The molecule has 3 atom stereocenters. The summed E-state index contributed by atoms with van der Waals surface area (Å²) in [6, 6.07) is 10.8. The Morgan fingerprint density at radius 2 is 1.80 bits per heavy atom. The van der Waals surface area contributed by atoms with Crippen LogP contribution in [-0.2, 0) is 11.3 Å². The predicted octanol–water partition coefficient (Wildman–Crippen LogP) is 3.25.